The molecule has 0 aliphatic carbocycles. The van der Waals surface area contributed by atoms with Gasteiger partial charge < -0.3 is 5.32 Å². The van der Waals surface area contributed by atoms with Crippen LogP contribution in [-0.4, -0.2) is 23.0 Å². The van der Waals surface area contributed by atoms with Crippen molar-refractivity contribution in [2.24, 2.45) is 0 Å². The average molecular weight is 184 g/mol. The molecule has 0 rings (SSSR count). The molecule has 0 unspecified atom stereocenters. The molecule has 0 bridgehead atoms. The van der Waals surface area contributed by atoms with Crippen molar-refractivity contribution in [1.29, 1.82) is 0 Å². The van der Waals surface area contributed by atoms with E-state index in [2.05, 4.69) is 5.32 Å². The maximum Gasteiger partial charge on any atom is 0.133 e. The molecule has 0 amide bonds. The average Bonchev–Trinajstić information content (AvgIpc) is 1.89. The summed E-state index contributed by atoms with van der Waals surface area (Å²) < 4.78 is 0.847. The van der Waals surface area contributed by atoms with Crippen LogP contribution in [-0.2, 0) is 0 Å². The Morgan fingerprint density at radius 2 is 2.44 bits per heavy atom. The van der Waals surface area contributed by atoms with E-state index in [0.717, 1.165) is 17.3 Å². The number of hydrogen-bond donors (Lipinski definition) is 1. The molecule has 0 saturated carbocycles. The highest BCUT2D eigenvalue weighted by atomic mass is 35.5. The first kappa shape index (κ1) is 9.53. The Morgan fingerprint density at radius 3 is 2.89 bits per heavy atom. The van der Waals surface area contributed by atoms with Gasteiger partial charge >= 0.3 is 0 Å². The molecule has 0 saturated heterocycles. The summed E-state index contributed by atoms with van der Waals surface area (Å²) in [5.74, 6) is 0.698. The van der Waals surface area contributed by atoms with E-state index in [1.807, 2.05) is 6.26 Å². The van der Waals surface area contributed by atoms with Gasteiger partial charge in [0.25, 0.3) is 0 Å². The maximum absolute atomic E-state index is 5.44. The zero-order chi connectivity index (χ0) is 7.11. The summed E-state index contributed by atoms with van der Waals surface area (Å²) in [6, 6.07) is 0. The van der Waals surface area contributed by atoms with E-state index < -0.39 is 0 Å². The van der Waals surface area contributed by atoms with Gasteiger partial charge in [-0.3, -0.25) is 0 Å². The van der Waals surface area contributed by atoms with Gasteiger partial charge in [-0.05, 0) is 12.7 Å². The minimum absolute atomic E-state index is 0.698. The van der Waals surface area contributed by atoms with Crippen LogP contribution in [0.5, 0.6) is 0 Å². The fourth-order valence-electron chi connectivity index (χ4n) is 0.329. The Labute approximate surface area is 70.5 Å². The van der Waals surface area contributed by atoms with Crippen LogP contribution in [0.3, 0.4) is 0 Å². The standard InChI is InChI=1S/C5H10ClNS2/c1-9-5(8)7-4-2-3-6/h2-4H2,1H3,(H,7,8). The number of thioether (sulfide) groups is 1. The highest BCUT2D eigenvalue weighted by Gasteiger charge is 1.88. The third kappa shape index (κ3) is 6.41. The van der Waals surface area contributed by atoms with Crippen LogP contribution in [0.25, 0.3) is 0 Å². The molecule has 0 aromatic heterocycles. The summed E-state index contributed by atoms with van der Waals surface area (Å²) >= 11 is 11.9. The van der Waals surface area contributed by atoms with E-state index in [1.165, 1.54) is 0 Å². The number of nitrogens with one attached hydrogen (secondary N) is 1. The van der Waals surface area contributed by atoms with Crippen molar-refractivity contribution < 1.29 is 0 Å². The van der Waals surface area contributed by atoms with Crippen molar-refractivity contribution in [3.8, 4) is 0 Å². The van der Waals surface area contributed by atoms with Crippen molar-refractivity contribution in [3.63, 3.8) is 0 Å². The summed E-state index contributed by atoms with van der Waals surface area (Å²) in [6.45, 7) is 0.892. The maximum atomic E-state index is 5.44. The van der Waals surface area contributed by atoms with E-state index >= 15 is 0 Å². The molecule has 0 atom stereocenters. The first-order valence-electron chi connectivity index (χ1n) is 2.69. The van der Waals surface area contributed by atoms with Gasteiger partial charge in [0.15, 0.2) is 0 Å². The zero-order valence-electron chi connectivity index (χ0n) is 5.32. The van der Waals surface area contributed by atoms with E-state index in [0.29, 0.717) is 5.88 Å². The second-order valence-corrected chi connectivity index (χ2v) is 3.32. The molecule has 0 radical (unpaired) electrons. The number of hydrogen-bond acceptors (Lipinski definition) is 2. The van der Waals surface area contributed by atoms with Crippen molar-refractivity contribution in [3.05, 3.63) is 0 Å². The normalized spacial score (nSPS) is 9.11. The Bertz CT molecular complexity index is 87.0. The lowest BCUT2D eigenvalue weighted by Gasteiger charge is -2.01. The van der Waals surface area contributed by atoms with E-state index in [1.54, 1.807) is 11.8 Å². The second kappa shape index (κ2) is 6.65. The lowest BCUT2D eigenvalue weighted by Crippen LogP contribution is -2.19. The summed E-state index contributed by atoms with van der Waals surface area (Å²) in [6.07, 6.45) is 2.93. The molecule has 0 fully saturated rings. The molecule has 0 aromatic rings. The smallest absolute Gasteiger partial charge is 0.133 e. The Morgan fingerprint density at radius 1 is 1.78 bits per heavy atom. The molecule has 0 spiro atoms. The predicted octanol–water partition coefficient (Wildman–Crippen LogP) is 1.85. The van der Waals surface area contributed by atoms with Crippen LogP contribution in [0.2, 0.25) is 0 Å². The number of halogens is 1. The minimum atomic E-state index is 0.698. The number of thiocarbonyl (C=S) groups is 1. The van der Waals surface area contributed by atoms with Crippen LogP contribution >= 0.6 is 35.6 Å². The molecule has 0 heterocycles. The van der Waals surface area contributed by atoms with E-state index in [9.17, 15) is 0 Å². The van der Waals surface area contributed by atoms with Crippen LogP contribution in [0.1, 0.15) is 6.42 Å². The first-order chi connectivity index (χ1) is 4.31. The van der Waals surface area contributed by atoms with Gasteiger partial charge in [0.05, 0.1) is 0 Å². The van der Waals surface area contributed by atoms with Gasteiger partial charge in [-0.1, -0.05) is 12.2 Å². The molecular formula is C5H10ClNS2. The fourth-order valence-corrected chi connectivity index (χ4v) is 0.812. The van der Waals surface area contributed by atoms with Crippen LogP contribution in [0, 0.1) is 0 Å². The highest BCUT2D eigenvalue weighted by Crippen LogP contribution is 1.93. The van der Waals surface area contributed by atoms with Crippen LogP contribution in [0.4, 0.5) is 0 Å². The third-order valence-electron chi connectivity index (χ3n) is 0.765. The fraction of sp³-hybridized carbons (Fsp3) is 0.800. The SMILES string of the molecule is CSC(=S)NCCCCl. The van der Waals surface area contributed by atoms with Crippen LogP contribution < -0.4 is 5.32 Å². The van der Waals surface area contributed by atoms with Crippen molar-refractivity contribution in [2.75, 3.05) is 18.7 Å². The lowest BCUT2D eigenvalue weighted by molar-refractivity contribution is 0.860. The molecule has 9 heavy (non-hydrogen) atoms. The van der Waals surface area contributed by atoms with Gasteiger partial charge in [-0.25, -0.2) is 0 Å². The first-order valence-corrected chi connectivity index (χ1v) is 4.85. The third-order valence-corrected chi connectivity index (χ3v) is 2.19. The van der Waals surface area contributed by atoms with Gasteiger partial charge in [-0.2, -0.15) is 0 Å². The summed E-state index contributed by atoms with van der Waals surface area (Å²) in [7, 11) is 0. The van der Waals surface area contributed by atoms with Crippen LogP contribution in [0.15, 0.2) is 0 Å². The minimum Gasteiger partial charge on any atom is -0.371 e. The van der Waals surface area contributed by atoms with Crippen molar-refractivity contribution in [2.45, 2.75) is 6.42 Å². The zero-order valence-corrected chi connectivity index (χ0v) is 7.70. The molecule has 0 aliphatic heterocycles. The van der Waals surface area contributed by atoms with Gasteiger partial charge in [-0.15, -0.1) is 23.4 Å². The quantitative estimate of drug-likeness (QED) is 0.408. The summed E-state index contributed by atoms with van der Waals surface area (Å²) in [4.78, 5) is 0. The van der Waals surface area contributed by atoms with Gasteiger partial charge in [0, 0.05) is 12.4 Å². The van der Waals surface area contributed by atoms with Crippen molar-refractivity contribution in [1.82, 2.24) is 5.32 Å². The molecule has 1 nitrogen and oxygen atoms in total. The highest BCUT2D eigenvalue weighted by molar-refractivity contribution is 8.22. The molecule has 4 heteroatoms. The number of rotatable bonds is 3. The topological polar surface area (TPSA) is 12.0 Å². The molecule has 0 aliphatic rings. The molecule has 54 valence electrons. The molecular weight excluding hydrogens is 174 g/mol. The van der Waals surface area contributed by atoms with E-state index in [4.69, 9.17) is 23.8 Å². The Balaban J connectivity index is 2.97. The Hall–Kier alpha value is 0.530. The van der Waals surface area contributed by atoms with Gasteiger partial charge in [0.2, 0.25) is 0 Å². The van der Waals surface area contributed by atoms with Gasteiger partial charge in [0.1, 0.15) is 4.32 Å². The number of alkyl halides is 1. The second-order valence-electron chi connectivity index (χ2n) is 1.46. The van der Waals surface area contributed by atoms with E-state index in [-0.39, 0.29) is 0 Å². The van der Waals surface area contributed by atoms with Crippen molar-refractivity contribution >= 4 is 39.9 Å². The molecule has 1 N–H and O–H groups in total. The Kier molecular flexibility index (Phi) is 7.04. The summed E-state index contributed by atoms with van der Waals surface area (Å²) in [5.41, 5.74) is 0. The monoisotopic (exact) mass is 183 g/mol. The largest absolute Gasteiger partial charge is 0.371 e. The lowest BCUT2D eigenvalue weighted by atomic mass is 10.5. The summed E-state index contributed by atoms with van der Waals surface area (Å²) in [5, 5.41) is 3.04. The predicted molar refractivity (Wildman–Crippen MR) is 49.5 cm³/mol. The molecule has 0 aromatic carbocycles.